The average Bonchev–Trinajstić information content (AvgIpc) is 3.16. The Labute approximate surface area is 362 Å². The number of halogens is 1. The zero-order chi connectivity index (χ0) is 41.5. The molecule has 0 heterocycles. The molecule has 4 aromatic rings. The van der Waals surface area contributed by atoms with E-state index in [0.29, 0.717) is 22.9 Å². The van der Waals surface area contributed by atoms with Crippen molar-refractivity contribution in [3.8, 4) is 23.0 Å². The van der Waals surface area contributed by atoms with Crippen LogP contribution < -0.4 is 48.5 Å². The van der Waals surface area contributed by atoms with Gasteiger partial charge in [-0.15, -0.1) is 0 Å². The molecule has 13 nitrogen and oxygen atoms in total. The summed E-state index contributed by atoms with van der Waals surface area (Å²) in [5, 5.41) is 21.1. The van der Waals surface area contributed by atoms with Gasteiger partial charge in [0.25, 0.3) is 5.91 Å². The van der Waals surface area contributed by atoms with Crippen molar-refractivity contribution in [2.24, 2.45) is 10.2 Å². The fourth-order valence-electron chi connectivity index (χ4n) is 5.23. The summed E-state index contributed by atoms with van der Waals surface area (Å²) in [5.74, 6) is -0.621. The summed E-state index contributed by atoms with van der Waals surface area (Å²) in [5.41, 5.74) is 2.69. The molecule has 2 N–H and O–H groups in total. The van der Waals surface area contributed by atoms with Crippen molar-refractivity contribution in [3.05, 3.63) is 94.5 Å². The molecule has 0 fully saturated rings. The number of phenols is 1. The molecule has 0 radical (unpaired) electrons. The normalized spacial score (nSPS) is 12.2. The number of rotatable bonds is 18. The van der Waals surface area contributed by atoms with Crippen LogP contribution in [0, 0.1) is 6.92 Å². The molecule has 0 aliphatic carbocycles. The van der Waals surface area contributed by atoms with Crippen molar-refractivity contribution < 1.29 is 74.5 Å². The van der Waals surface area contributed by atoms with E-state index < -0.39 is 37.6 Å². The van der Waals surface area contributed by atoms with E-state index in [1.54, 1.807) is 24.3 Å². The number of nitrogens with one attached hydrogen (secondary N) is 1. The van der Waals surface area contributed by atoms with Gasteiger partial charge < -0.3 is 28.6 Å². The number of amides is 1. The molecular formula is C40H47ClN3NaO10S2. The minimum absolute atomic E-state index is 0. The number of nitrogens with zero attached hydrogens (tertiary/aromatic N) is 2. The molecule has 0 aliphatic heterocycles. The Morgan fingerprint density at radius 1 is 0.842 bits per heavy atom. The van der Waals surface area contributed by atoms with Crippen LogP contribution in [0.15, 0.2) is 87.9 Å². The van der Waals surface area contributed by atoms with Crippen LogP contribution in [0.4, 0.5) is 17.1 Å². The molecule has 302 valence electrons. The summed E-state index contributed by atoms with van der Waals surface area (Å²) >= 11 is 6.33. The largest absolute Gasteiger partial charge is 1.00 e. The predicted octanol–water partition coefficient (Wildman–Crippen LogP) is 6.25. The zero-order valence-corrected chi connectivity index (χ0v) is 37.8. The van der Waals surface area contributed by atoms with Gasteiger partial charge in [0, 0.05) is 17.2 Å². The average molecular weight is 852 g/mol. The van der Waals surface area contributed by atoms with E-state index in [-0.39, 0.29) is 86.9 Å². The Hall–Kier alpha value is -3.70. The van der Waals surface area contributed by atoms with Crippen LogP contribution in [0.5, 0.6) is 23.0 Å². The third kappa shape index (κ3) is 13.2. The maximum Gasteiger partial charge on any atom is 1.00 e. The quantitative estimate of drug-likeness (QED) is 0.0289. The summed E-state index contributed by atoms with van der Waals surface area (Å²) < 4.78 is 76.1. The molecule has 0 aromatic heterocycles. The second-order valence-electron chi connectivity index (χ2n) is 14.4. The first-order valence-corrected chi connectivity index (χ1v) is 21.2. The summed E-state index contributed by atoms with van der Waals surface area (Å²) in [6.07, 6.45) is 1.86. The predicted molar refractivity (Wildman–Crippen MR) is 215 cm³/mol. The van der Waals surface area contributed by atoms with E-state index in [4.69, 9.17) is 25.3 Å². The van der Waals surface area contributed by atoms with Crippen LogP contribution in [-0.4, -0.2) is 51.4 Å². The summed E-state index contributed by atoms with van der Waals surface area (Å²) in [4.78, 5) is 12.7. The van der Waals surface area contributed by atoms with E-state index >= 15 is 0 Å². The number of carbonyl (C=O) groups excluding carboxylic acids is 1. The van der Waals surface area contributed by atoms with Crippen LogP contribution in [0.25, 0.3) is 0 Å². The third-order valence-corrected chi connectivity index (χ3v) is 12.1. The maximum absolute atomic E-state index is 13.1. The number of hydrogen-bond acceptors (Lipinski definition) is 12. The van der Waals surface area contributed by atoms with Gasteiger partial charge in [-0.3, -0.25) is 4.79 Å². The molecule has 4 aromatic carbocycles. The fraction of sp³-hybridized carbons (Fsp3) is 0.375. The van der Waals surface area contributed by atoms with Gasteiger partial charge in [0.15, 0.2) is 12.4 Å². The van der Waals surface area contributed by atoms with Gasteiger partial charge in [0.1, 0.15) is 27.4 Å². The van der Waals surface area contributed by atoms with Crippen molar-refractivity contribution in [1.29, 1.82) is 0 Å². The number of phenolic OH excluding ortho intramolecular Hbond substituents is 1. The van der Waals surface area contributed by atoms with Crippen LogP contribution in [0.3, 0.4) is 0 Å². The molecule has 57 heavy (non-hydrogen) atoms. The van der Waals surface area contributed by atoms with Gasteiger partial charge >= 0.3 is 39.7 Å². The van der Waals surface area contributed by atoms with E-state index in [1.165, 1.54) is 30.7 Å². The Morgan fingerprint density at radius 2 is 1.42 bits per heavy atom. The molecule has 0 bridgehead atoms. The maximum atomic E-state index is 13.1. The van der Waals surface area contributed by atoms with Crippen molar-refractivity contribution in [2.75, 3.05) is 24.3 Å². The van der Waals surface area contributed by atoms with Crippen molar-refractivity contribution in [1.82, 2.24) is 0 Å². The first-order valence-electron chi connectivity index (χ1n) is 17.9. The molecule has 4 rings (SSSR count). The molecule has 1 amide bonds. The Balaban J connectivity index is 0.00000870. The van der Waals surface area contributed by atoms with E-state index in [0.717, 1.165) is 30.5 Å². The van der Waals surface area contributed by atoms with Crippen molar-refractivity contribution in [3.63, 3.8) is 0 Å². The molecule has 0 aliphatic rings. The second kappa shape index (κ2) is 19.8. The first kappa shape index (κ1) is 47.7. The number of aromatic hydroxyl groups is 1. The fourth-order valence-corrected chi connectivity index (χ4v) is 6.90. The van der Waals surface area contributed by atoms with E-state index in [9.17, 15) is 31.3 Å². The number of hydrogen-bond donors (Lipinski definition) is 2. The van der Waals surface area contributed by atoms with Gasteiger partial charge in [-0.1, -0.05) is 65.3 Å². The zero-order valence-electron chi connectivity index (χ0n) is 33.4. The Kier molecular flexibility index (Phi) is 16.6. The molecule has 0 saturated heterocycles. The van der Waals surface area contributed by atoms with Gasteiger partial charge in [0.05, 0.1) is 39.3 Å². The van der Waals surface area contributed by atoms with Crippen molar-refractivity contribution in [2.45, 2.75) is 83.5 Å². The Bertz CT molecular complexity index is 2280. The first-order chi connectivity index (χ1) is 26.2. The molecule has 0 spiro atoms. The van der Waals surface area contributed by atoms with E-state index in [1.807, 2.05) is 12.1 Å². The standard InChI is InChI=1S/C40H48ClN3O10S2.Na/c1-8-39(4,5)27-11-20-34(32(23-27)40(6,7)9-2)53-25-36(45)42-33-24-35(26(3)37(41)38(33)46)54-55(47,48)22-10-21-52-30-16-12-28(13-17-30)43-44-29-14-18-31(19-15-29)56(49,50)51;/h11-20,23-24,46H,8-10,21-22,25H2,1-7H3,(H,42,45)(H,49,50,51);/q;+1/p-1. The van der Waals surface area contributed by atoms with Gasteiger partial charge in [0.2, 0.25) is 0 Å². The van der Waals surface area contributed by atoms with Crippen LogP contribution in [0.2, 0.25) is 5.02 Å². The summed E-state index contributed by atoms with van der Waals surface area (Å²) in [6.45, 7) is 13.9. The minimum atomic E-state index is -4.56. The molecule has 0 saturated carbocycles. The number of benzene rings is 4. The van der Waals surface area contributed by atoms with Gasteiger partial charge in [-0.25, -0.2) is 8.42 Å². The second-order valence-corrected chi connectivity index (χ2v) is 17.9. The summed E-state index contributed by atoms with van der Waals surface area (Å²) in [6, 6.07) is 18.7. The number of anilines is 1. The number of azo groups is 1. The van der Waals surface area contributed by atoms with Crippen LogP contribution in [-0.2, 0) is 35.9 Å². The van der Waals surface area contributed by atoms with Crippen molar-refractivity contribution >= 4 is 54.8 Å². The van der Waals surface area contributed by atoms with Gasteiger partial charge in [-0.2, -0.15) is 18.6 Å². The van der Waals surface area contributed by atoms with Crippen LogP contribution in [0.1, 0.15) is 77.5 Å². The molecule has 17 heteroatoms. The summed E-state index contributed by atoms with van der Waals surface area (Å²) in [7, 11) is -8.71. The van der Waals surface area contributed by atoms with Gasteiger partial charge in [-0.05, 0) is 97.2 Å². The van der Waals surface area contributed by atoms with E-state index in [2.05, 4.69) is 63.2 Å². The number of ether oxygens (including phenoxy) is 2. The van der Waals surface area contributed by atoms with Crippen LogP contribution >= 0.6 is 11.6 Å². The number of carbonyl (C=O) groups is 1. The molecule has 0 atom stereocenters. The minimum Gasteiger partial charge on any atom is -0.744 e. The molecule has 0 unspecified atom stereocenters. The third-order valence-electron chi connectivity index (χ3n) is 9.60. The monoisotopic (exact) mass is 851 g/mol. The SMILES string of the molecule is CCC(C)(C)c1ccc(OCC(=O)Nc2cc(OS(=O)(=O)CCCOc3ccc(N=Nc4ccc(S(=O)(=O)[O-])cc4)cc3)c(C)c(Cl)c2O)c(C(C)(C)CC)c1.[Na+]. The Morgan fingerprint density at radius 3 is 1.98 bits per heavy atom. The molecular weight excluding hydrogens is 805 g/mol. The topological polar surface area (TPSA) is 193 Å². The smallest absolute Gasteiger partial charge is 0.744 e.